The quantitative estimate of drug-likeness (QED) is 0.833. The van der Waals surface area contributed by atoms with Gasteiger partial charge in [-0.2, -0.15) is 4.98 Å². The molecule has 16 heavy (non-hydrogen) atoms. The first-order valence-electron chi connectivity index (χ1n) is 4.83. The van der Waals surface area contributed by atoms with Crippen molar-refractivity contribution in [3.63, 3.8) is 0 Å². The van der Waals surface area contributed by atoms with Gasteiger partial charge in [-0.05, 0) is 19.1 Å². The Morgan fingerprint density at radius 3 is 2.69 bits per heavy atom. The van der Waals surface area contributed by atoms with Crippen LogP contribution in [0, 0.1) is 6.92 Å². The number of benzene rings is 1. The summed E-state index contributed by atoms with van der Waals surface area (Å²) in [5.41, 5.74) is 7.01. The number of nitrogens with zero attached hydrogens (tertiary/aromatic N) is 2. The monoisotopic (exact) mass is 217 g/mol. The molecule has 2 aromatic rings. The molecule has 0 saturated carbocycles. The van der Waals surface area contributed by atoms with Gasteiger partial charge in [-0.3, -0.25) is 4.79 Å². The Morgan fingerprint density at radius 1 is 1.38 bits per heavy atom. The summed E-state index contributed by atoms with van der Waals surface area (Å²) in [6.07, 6.45) is -0.00460. The molecule has 0 unspecified atom stereocenters. The van der Waals surface area contributed by atoms with Crippen molar-refractivity contribution in [2.75, 3.05) is 0 Å². The lowest BCUT2D eigenvalue weighted by Crippen LogP contribution is -2.14. The van der Waals surface area contributed by atoms with Crippen molar-refractivity contribution in [2.24, 2.45) is 5.73 Å². The van der Waals surface area contributed by atoms with Gasteiger partial charge < -0.3 is 10.3 Å². The zero-order valence-electron chi connectivity index (χ0n) is 8.80. The van der Waals surface area contributed by atoms with E-state index in [0.717, 1.165) is 11.1 Å². The lowest BCUT2D eigenvalue weighted by atomic mass is 10.1. The molecule has 2 N–H and O–H groups in total. The Labute approximate surface area is 92.3 Å². The minimum Gasteiger partial charge on any atom is -0.369 e. The van der Waals surface area contributed by atoms with Gasteiger partial charge >= 0.3 is 0 Å². The largest absolute Gasteiger partial charge is 0.369 e. The third-order valence-corrected chi connectivity index (χ3v) is 2.10. The van der Waals surface area contributed by atoms with Crippen molar-refractivity contribution in [1.82, 2.24) is 10.1 Å². The molecular weight excluding hydrogens is 206 g/mol. The maximum Gasteiger partial charge on any atom is 0.257 e. The number of amides is 1. The number of aromatic nitrogens is 2. The van der Waals surface area contributed by atoms with E-state index < -0.39 is 5.91 Å². The molecule has 5 heteroatoms. The van der Waals surface area contributed by atoms with Gasteiger partial charge in [0.05, 0.1) is 6.42 Å². The van der Waals surface area contributed by atoms with E-state index in [9.17, 15) is 4.79 Å². The fourth-order valence-corrected chi connectivity index (χ4v) is 1.29. The van der Waals surface area contributed by atoms with Crippen LogP contribution in [0.25, 0.3) is 11.5 Å². The summed E-state index contributed by atoms with van der Waals surface area (Å²) in [5.74, 6) is 0.232. The number of nitrogens with two attached hydrogens (primary N) is 1. The molecule has 1 amide bonds. The number of hydrogen-bond donors (Lipinski definition) is 1. The van der Waals surface area contributed by atoms with Crippen molar-refractivity contribution >= 4 is 5.91 Å². The molecule has 5 nitrogen and oxygen atoms in total. The molecule has 1 heterocycles. The molecule has 1 aromatic heterocycles. The van der Waals surface area contributed by atoms with Crippen LogP contribution in [0.15, 0.2) is 28.8 Å². The molecule has 0 bridgehead atoms. The second-order valence-corrected chi connectivity index (χ2v) is 3.52. The second kappa shape index (κ2) is 4.14. The van der Waals surface area contributed by atoms with E-state index in [2.05, 4.69) is 10.1 Å². The predicted molar refractivity (Wildman–Crippen MR) is 57.4 cm³/mol. The Kier molecular flexibility index (Phi) is 2.68. The molecule has 0 aliphatic rings. The highest BCUT2D eigenvalue weighted by Crippen LogP contribution is 2.17. The zero-order chi connectivity index (χ0) is 11.5. The lowest BCUT2D eigenvalue weighted by Gasteiger charge is -1.94. The van der Waals surface area contributed by atoms with Gasteiger partial charge in [-0.25, -0.2) is 0 Å². The zero-order valence-corrected chi connectivity index (χ0v) is 8.80. The van der Waals surface area contributed by atoms with Crippen molar-refractivity contribution in [2.45, 2.75) is 13.3 Å². The average Bonchev–Trinajstić information content (AvgIpc) is 2.66. The van der Waals surface area contributed by atoms with Crippen LogP contribution in [-0.4, -0.2) is 16.0 Å². The first-order chi connectivity index (χ1) is 7.65. The van der Waals surface area contributed by atoms with Crippen LogP contribution in [0.5, 0.6) is 0 Å². The molecule has 0 spiro atoms. The summed E-state index contributed by atoms with van der Waals surface area (Å²) in [6.45, 7) is 2.00. The van der Waals surface area contributed by atoms with Crippen molar-refractivity contribution < 1.29 is 9.32 Å². The maximum absolute atomic E-state index is 10.7. The summed E-state index contributed by atoms with van der Waals surface area (Å²) in [6, 6.07) is 7.67. The van der Waals surface area contributed by atoms with Crippen molar-refractivity contribution in [1.29, 1.82) is 0 Å². The minimum absolute atomic E-state index is 0.00460. The molecule has 82 valence electrons. The van der Waals surface area contributed by atoms with E-state index >= 15 is 0 Å². The Hall–Kier alpha value is -2.17. The third kappa shape index (κ3) is 2.25. The molecule has 1 aromatic carbocycles. The molecule has 0 aliphatic heterocycles. The molecule has 2 rings (SSSR count). The molecule has 0 fully saturated rings. The standard InChI is InChI=1S/C11H11N3O2/c1-7-2-4-8(5-3-7)11-13-10(14-16-11)6-9(12)15/h2-5H,6H2,1H3,(H2,12,15). The van der Waals surface area contributed by atoms with Gasteiger partial charge in [0, 0.05) is 5.56 Å². The smallest absolute Gasteiger partial charge is 0.257 e. The van der Waals surface area contributed by atoms with Gasteiger partial charge in [0.25, 0.3) is 5.89 Å². The van der Waals surface area contributed by atoms with Crippen LogP contribution in [0.4, 0.5) is 0 Å². The van der Waals surface area contributed by atoms with Crippen LogP contribution in [-0.2, 0) is 11.2 Å². The summed E-state index contributed by atoms with van der Waals surface area (Å²) in [4.78, 5) is 14.7. The van der Waals surface area contributed by atoms with E-state index in [1.807, 2.05) is 31.2 Å². The Balaban J connectivity index is 2.24. The van der Waals surface area contributed by atoms with Gasteiger partial charge in [-0.15, -0.1) is 0 Å². The highest BCUT2D eigenvalue weighted by Gasteiger charge is 2.10. The molecule has 0 aliphatic carbocycles. The lowest BCUT2D eigenvalue weighted by molar-refractivity contribution is -0.117. The van der Waals surface area contributed by atoms with E-state index in [1.54, 1.807) is 0 Å². The summed E-state index contributed by atoms with van der Waals surface area (Å²) >= 11 is 0. The van der Waals surface area contributed by atoms with E-state index in [1.165, 1.54) is 0 Å². The fraction of sp³-hybridized carbons (Fsp3) is 0.182. The first-order valence-corrected chi connectivity index (χ1v) is 4.83. The number of carbonyl (C=O) groups excluding carboxylic acids is 1. The van der Waals surface area contributed by atoms with E-state index in [4.69, 9.17) is 10.3 Å². The Morgan fingerprint density at radius 2 is 2.06 bits per heavy atom. The van der Waals surface area contributed by atoms with E-state index in [-0.39, 0.29) is 6.42 Å². The van der Waals surface area contributed by atoms with Crippen LogP contribution >= 0.6 is 0 Å². The number of aryl methyl sites for hydroxylation is 1. The topological polar surface area (TPSA) is 82.0 Å². The minimum atomic E-state index is -0.476. The van der Waals surface area contributed by atoms with E-state index in [0.29, 0.717) is 11.7 Å². The SMILES string of the molecule is Cc1ccc(-c2nc(CC(N)=O)no2)cc1. The predicted octanol–water partition coefficient (Wildman–Crippen LogP) is 1.07. The highest BCUT2D eigenvalue weighted by atomic mass is 16.5. The fourth-order valence-electron chi connectivity index (χ4n) is 1.29. The molecular formula is C11H11N3O2. The second-order valence-electron chi connectivity index (χ2n) is 3.52. The maximum atomic E-state index is 10.7. The molecule has 0 atom stereocenters. The van der Waals surface area contributed by atoms with Gasteiger partial charge in [-0.1, -0.05) is 22.9 Å². The molecule has 0 radical (unpaired) electrons. The number of primary amides is 1. The van der Waals surface area contributed by atoms with Crippen LogP contribution < -0.4 is 5.73 Å². The van der Waals surface area contributed by atoms with Gasteiger partial charge in [0.1, 0.15) is 0 Å². The Bertz CT molecular complexity index is 502. The summed E-state index contributed by atoms with van der Waals surface area (Å²) in [7, 11) is 0. The molecule has 0 saturated heterocycles. The number of carbonyl (C=O) groups is 1. The van der Waals surface area contributed by atoms with Crippen LogP contribution in [0.3, 0.4) is 0 Å². The highest BCUT2D eigenvalue weighted by molar-refractivity contribution is 5.75. The third-order valence-electron chi connectivity index (χ3n) is 2.10. The van der Waals surface area contributed by atoms with Crippen LogP contribution in [0.2, 0.25) is 0 Å². The number of hydrogen-bond acceptors (Lipinski definition) is 4. The average molecular weight is 217 g/mol. The van der Waals surface area contributed by atoms with Gasteiger partial charge in [0.2, 0.25) is 5.91 Å². The first kappa shape index (κ1) is 10.4. The van der Waals surface area contributed by atoms with Crippen LogP contribution in [0.1, 0.15) is 11.4 Å². The summed E-state index contributed by atoms with van der Waals surface area (Å²) < 4.78 is 5.02. The summed E-state index contributed by atoms with van der Waals surface area (Å²) in [5, 5.41) is 3.67. The number of rotatable bonds is 3. The van der Waals surface area contributed by atoms with Crippen molar-refractivity contribution in [3.8, 4) is 11.5 Å². The normalized spacial score (nSPS) is 10.3. The van der Waals surface area contributed by atoms with Crippen molar-refractivity contribution in [3.05, 3.63) is 35.7 Å². The van der Waals surface area contributed by atoms with Gasteiger partial charge in [0.15, 0.2) is 5.82 Å².